The van der Waals surface area contributed by atoms with Crippen LogP contribution in [0.2, 0.25) is 0 Å². The van der Waals surface area contributed by atoms with Crippen LogP contribution in [-0.2, 0) is 17.5 Å². The fraction of sp³-hybridized carbons (Fsp3) is 0.435. The predicted octanol–water partition coefficient (Wildman–Crippen LogP) is 3.87. The number of hydrogen-bond donors (Lipinski definition) is 1. The van der Waals surface area contributed by atoms with Crippen LogP contribution in [-0.4, -0.2) is 62.1 Å². The molecule has 0 aliphatic carbocycles. The molecule has 0 aromatic heterocycles. The van der Waals surface area contributed by atoms with Crippen LogP contribution in [0.4, 0.5) is 18.9 Å². The second kappa shape index (κ2) is 10.7. The number of anilines is 1. The Morgan fingerprint density at radius 2 is 1.78 bits per heavy atom. The lowest BCUT2D eigenvalue weighted by Crippen LogP contribution is -2.43. The minimum absolute atomic E-state index is 0.0565. The van der Waals surface area contributed by atoms with Gasteiger partial charge in [0.25, 0.3) is 5.91 Å². The normalized spacial score (nSPS) is 15.4. The van der Waals surface area contributed by atoms with Crippen LogP contribution in [0, 0.1) is 0 Å². The lowest BCUT2D eigenvalue weighted by atomic mass is 10.1. The Balaban J connectivity index is 1.59. The molecule has 3 rings (SSSR count). The van der Waals surface area contributed by atoms with Gasteiger partial charge in [-0.3, -0.25) is 9.69 Å². The van der Waals surface area contributed by atoms with Crippen LogP contribution in [0.5, 0.6) is 11.5 Å². The third kappa shape index (κ3) is 6.86. The fourth-order valence-electron chi connectivity index (χ4n) is 3.42. The van der Waals surface area contributed by atoms with Gasteiger partial charge in [0.1, 0.15) is 0 Å². The molecule has 1 aliphatic rings. The number of ether oxygens (including phenoxy) is 2. The van der Waals surface area contributed by atoms with Gasteiger partial charge >= 0.3 is 6.18 Å². The lowest BCUT2D eigenvalue weighted by Gasteiger charge is -2.32. The molecule has 9 heteroatoms. The van der Waals surface area contributed by atoms with Crippen molar-refractivity contribution >= 4 is 11.6 Å². The molecule has 2 aromatic carbocycles. The molecule has 6 nitrogen and oxygen atoms in total. The molecule has 0 unspecified atom stereocenters. The Bertz CT molecular complexity index is 913. The first-order valence-electron chi connectivity index (χ1n) is 10.5. The van der Waals surface area contributed by atoms with Crippen molar-refractivity contribution in [1.82, 2.24) is 9.80 Å². The number of piperazine rings is 1. The first kappa shape index (κ1) is 23.9. The van der Waals surface area contributed by atoms with Gasteiger partial charge in [0.2, 0.25) is 0 Å². The Labute approximate surface area is 185 Å². The van der Waals surface area contributed by atoms with E-state index in [1.165, 1.54) is 12.1 Å². The standard InChI is InChI=1S/C23H28F3N3O3/c1-3-31-21-13-17(15-29-11-9-28(2)10-12-29)7-8-20(21)32-16-22(30)27-19-6-4-5-18(14-19)23(24,25)26/h4-8,13-14H,3,9-12,15-16H2,1-2H3,(H,27,30). The molecule has 1 heterocycles. The van der Waals surface area contributed by atoms with Crippen molar-refractivity contribution in [2.75, 3.05) is 51.8 Å². The Kier molecular flexibility index (Phi) is 7.98. The van der Waals surface area contributed by atoms with E-state index in [9.17, 15) is 18.0 Å². The molecule has 2 aromatic rings. The quantitative estimate of drug-likeness (QED) is 0.661. The van der Waals surface area contributed by atoms with Crippen molar-refractivity contribution < 1.29 is 27.4 Å². The zero-order valence-corrected chi connectivity index (χ0v) is 18.2. The number of nitrogens with zero attached hydrogens (tertiary/aromatic N) is 2. The molecule has 0 spiro atoms. The maximum absolute atomic E-state index is 12.8. The molecule has 0 radical (unpaired) electrons. The fourth-order valence-corrected chi connectivity index (χ4v) is 3.42. The minimum atomic E-state index is -4.48. The number of hydrogen-bond acceptors (Lipinski definition) is 5. The van der Waals surface area contributed by atoms with Crippen molar-refractivity contribution in [3.8, 4) is 11.5 Å². The van der Waals surface area contributed by atoms with Crippen LogP contribution in [0.1, 0.15) is 18.1 Å². The molecule has 1 amide bonds. The first-order chi connectivity index (χ1) is 15.2. The minimum Gasteiger partial charge on any atom is -0.490 e. The van der Waals surface area contributed by atoms with Crippen LogP contribution in [0.3, 0.4) is 0 Å². The van der Waals surface area contributed by atoms with E-state index in [-0.39, 0.29) is 12.3 Å². The summed E-state index contributed by atoms with van der Waals surface area (Å²) < 4.78 is 49.8. The molecule has 0 atom stereocenters. The van der Waals surface area contributed by atoms with Crippen molar-refractivity contribution in [2.45, 2.75) is 19.6 Å². The number of benzene rings is 2. The van der Waals surface area contributed by atoms with Gasteiger partial charge < -0.3 is 19.7 Å². The average molecular weight is 451 g/mol. The number of rotatable bonds is 8. The van der Waals surface area contributed by atoms with E-state index in [0.717, 1.165) is 50.4 Å². The van der Waals surface area contributed by atoms with E-state index >= 15 is 0 Å². The number of likely N-dealkylation sites (N-methyl/N-ethyl adjacent to an activating group) is 1. The van der Waals surface area contributed by atoms with E-state index in [4.69, 9.17) is 9.47 Å². The van der Waals surface area contributed by atoms with Gasteiger partial charge in [-0.15, -0.1) is 0 Å². The highest BCUT2D eigenvalue weighted by atomic mass is 19.4. The molecule has 174 valence electrons. The maximum Gasteiger partial charge on any atom is 0.416 e. The van der Waals surface area contributed by atoms with Gasteiger partial charge in [-0.1, -0.05) is 12.1 Å². The van der Waals surface area contributed by atoms with Crippen molar-refractivity contribution in [3.63, 3.8) is 0 Å². The topological polar surface area (TPSA) is 54.0 Å². The molecular formula is C23H28F3N3O3. The molecule has 1 saturated heterocycles. The zero-order chi connectivity index (χ0) is 23.1. The summed E-state index contributed by atoms with van der Waals surface area (Å²) in [7, 11) is 2.11. The third-order valence-corrected chi connectivity index (χ3v) is 5.14. The molecule has 32 heavy (non-hydrogen) atoms. The summed E-state index contributed by atoms with van der Waals surface area (Å²) in [6, 6.07) is 10.1. The number of nitrogens with one attached hydrogen (secondary N) is 1. The second-order valence-corrected chi connectivity index (χ2v) is 7.71. The highest BCUT2D eigenvalue weighted by molar-refractivity contribution is 5.92. The van der Waals surface area contributed by atoms with Gasteiger partial charge in [0.05, 0.1) is 12.2 Å². The van der Waals surface area contributed by atoms with Crippen molar-refractivity contribution in [1.29, 1.82) is 0 Å². The van der Waals surface area contributed by atoms with E-state index in [1.54, 1.807) is 6.07 Å². The van der Waals surface area contributed by atoms with E-state index in [1.807, 2.05) is 19.1 Å². The molecule has 1 fully saturated rings. The highest BCUT2D eigenvalue weighted by Gasteiger charge is 2.30. The van der Waals surface area contributed by atoms with Gasteiger partial charge in [-0.2, -0.15) is 13.2 Å². The summed E-state index contributed by atoms with van der Waals surface area (Å²) in [5, 5.41) is 2.43. The van der Waals surface area contributed by atoms with Crippen LogP contribution in [0.25, 0.3) is 0 Å². The smallest absolute Gasteiger partial charge is 0.416 e. The largest absolute Gasteiger partial charge is 0.490 e. The average Bonchev–Trinajstić information content (AvgIpc) is 2.75. The summed E-state index contributed by atoms with van der Waals surface area (Å²) in [4.78, 5) is 16.9. The number of alkyl halides is 3. The van der Waals surface area contributed by atoms with E-state index in [2.05, 4.69) is 22.2 Å². The first-order valence-corrected chi connectivity index (χ1v) is 10.5. The Morgan fingerprint density at radius 3 is 2.47 bits per heavy atom. The SMILES string of the molecule is CCOc1cc(CN2CCN(C)CC2)ccc1OCC(=O)Nc1cccc(C(F)(F)F)c1. The van der Waals surface area contributed by atoms with Gasteiger partial charge in [0, 0.05) is 38.4 Å². The summed E-state index contributed by atoms with van der Waals surface area (Å²) in [6.45, 7) is 6.78. The number of halogens is 3. The molecule has 1 N–H and O–H groups in total. The number of carbonyl (C=O) groups is 1. The van der Waals surface area contributed by atoms with Crippen molar-refractivity contribution in [2.24, 2.45) is 0 Å². The molecule has 0 bridgehead atoms. The van der Waals surface area contributed by atoms with E-state index < -0.39 is 17.6 Å². The van der Waals surface area contributed by atoms with Gasteiger partial charge in [-0.05, 0) is 49.9 Å². The lowest BCUT2D eigenvalue weighted by molar-refractivity contribution is -0.137. The summed E-state index contributed by atoms with van der Waals surface area (Å²) in [6.07, 6.45) is -4.48. The Hall–Kier alpha value is -2.78. The Morgan fingerprint density at radius 1 is 1.03 bits per heavy atom. The zero-order valence-electron chi connectivity index (χ0n) is 18.2. The highest BCUT2D eigenvalue weighted by Crippen LogP contribution is 2.31. The molecule has 0 saturated carbocycles. The third-order valence-electron chi connectivity index (χ3n) is 5.14. The second-order valence-electron chi connectivity index (χ2n) is 7.71. The van der Waals surface area contributed by atoms with Crippen LogP contribution < -0.4 is 14.8 Å². The summed E-state index contributed by atoms with van der Waals surface area (Å²) >= 11 is 0. The van der Waals surface area contributed by atoms with E-state index in [0.29, 0.717) is 18.1 Å². The van der Waals surface area contributed by atoms with Crippen molar-refractivity contribution in [3.05, 3.63) is 53.6 Å². The number of carbonyl (C=O) groups excluding carboxylic acids is 1. The maximum atomic E-state index is 12.8. The molecular weight excluding hydrogens is 423 g/mol. The number of amides is 1. The summed E-state index contributed by atoms with van der Waals surface area (Å²) in [5.74, 6) is 0.382. The predicted molar refractivity (Wildman–Crippen MR) is 116 cm³/mol. The monoisotopic (exact) mass is 451 g/mol. The molecule has 1 aliphatic heterocycles. The van der Waals surface area contributed by atoms with Gasteiger partial charge in [0.15, 0.2) is 18.1 Å². The van der Waals surface area contributed by atoms with Gasteiger partial charge in [-0.25, -0.2) is 0 Å². The van der Waals surface area contributed by atoms with Crippen LogP contribution in [0.15, 0.2) is 42.5 Å². The van der Waals surface area contributed by atoms with Crippen LogP contribution >= 0.6 is 0 Å². The summed E-state index contributed by atoms with van der Waals surface area (Å²) in [5.41, 5.74) is 0.311.